The third-order valence-corrected chi connectivity index (χ3v) is 4.90. The van der Waals surface area contributed by atoms with Crippen molar-refractivity contribution in [1.29, 1.82) is 0 Å². The van der Waals surface area contributed by atoms with Crippen LogP contribution in [0, 0.1) is 5.82 Å². The Kier molecular flexibility index (Phi) is 5.07. The number of aromatic nitrogens is 3. The van der Waals surface area contributed by atoms with Gasteiger partial charge in [-0.3, -0.25) is 0 Å². The van der Waals surface area contributed by atoms with Gasteiger partial charge in [-0.05, 0) is 35.9 Å². The van der Waals surface area contributed by atoms with Crippen LogP contribution in [0.25, 0.3) is 11.0 Å². The van der Waals surface area contributed by atoms with E-state index in [0.717, 1.165) is 22.3 Å². The molecule has 4 aromatic rings. The molecule has 0 amide bonds. The van der Waals surface area contributed by atoms with Gasteiger partial charge in [0.1, 0.15) is 35.2 Å². The molecule has 2 heterocycles. The summed E-state index contributed by atoms with van der Waals surface area (Å²) in [6, 6.07) is 13.3. The van der Waals surface area contributed by atoms with Gasteiger partial charge in [0.05, 0.1) is 10.5 Å². The number of hydrogen-bond donors (Lipinski definition) is 1. The molecule has 8 heteroatoms. The quantitative estimate of drug-likeness (QED) is 0.450. The molecule has 1 N–H and O–H groups in total. The predicted molar refractivity (Wildman–Crippen MR) is 109 cm³/mol. The largest absolute Gasteiger partial charge is 0.487 e. The molecule has 0 saturated heterocycles. The number of benzene rings is 2. The molecule has 0 aliphatic heterocycles. The Bertz CT molecular complexity index is 1160. The standard InChI is InChI=1S/C20H15Cl2FN4O/c1-27-18(22)9-16-19(27)20(25-11-24-16)26-14-5-6-17(15(21)8-14)28-10-12-3-2-4-13(23)7-12/h2-9,11H,10H2,1H3,(H,24,25,26). The van der Waals surface area contributed by atoms with Crippen LogP contribution >= 0.6 is 23.2 Å². The van der Waals surface area contributed by atoms with Gasteiger partial charge in [0.25, 0.3) is 0 Å². The molecular formula is C20H15Cl2FN4O. The summed E-state index contributed by atoms with van der Waals surface area (Å²) in [7, 11) is 1.84. The normalized spacial score (nSPS) is 11.0. The van der Waals surface area contributed by atoms with E-state index in [1.165, 1.54) is 18.5 Å². The van der Waals surface area contributed by atoms with Gasteiger partial charge >= 0.3 is 0 Å². The summed E-state index contributed by atoms with van der Waals surface area (Å²) in [6.45, 7) is 0.221. The van der Waals surface area contributed by atoms with Gasteiger partial charge < -0.3 is 14.6 Å². The molecule has 4 rings (SSSR count). The Balaban J connectivity index is 1.54. The third-order valence-electron chi connectivity index (χ3n) is 4.24. The van der Waals surface area contributed by atoms with E-state index in [9.17, 15) is 4.39 Å². The van der Waals surface area contributed by atoms with Crippen molar-refractivity contribution < 1.29 is 9.13 Å². The molecule has 0 spiro atoms. The molecule has 0 fully saturated rings. The summed E-state index contributed by atoms with van der Waals surface area (Å²) >= 11 is 12.5. The van der Waals surface area contributed by atoms with Crippen LogP contribution in [-0.4, -0.2) is 14.5 Å². The van der Waals surface area contributed by atoms with E-state index in [1.807, 2.05) is 13.1 Å². The SMILES string of the molecule is Cn1c(Cl)cc2ncnc(Nc3ccc(OCc4cccc(F)c4)c(Cl)c3)c21. The fourth-order valence-corrected chi connectivity index (χ4v) is 3.28. The second kappa shape index (κ2) is 7.66. The highest BCUT2D eigenvalue weighted by Crippen LogP contribution is 2.32. The number of anilines is 2. The zero-order valence-corrected chi connectivity index (χ0v) is 16.3. The van der Waals surface area contributed by atoms with E-state index < -0.39 is 0 Å². The van der Waals surface area contributed by atoms with Crippen molar-refractivity contribution >= 4 is 45.7 Å². The van der Waals surface area contributed by atoms with Gasteiger partial charge in [-0.1, -0.05) is 35.3 Å². The molecule has 0 radical (unpaired) electrons. The van der Waals surface area contributed by atoms with E-state index in [4.69, 9.17) is 27.9 Å². The van der Waals surface area contributed by atoms with Crippen LogP contribution in [0.1, 0.15) is 5.56 Å². The minimum absolute atomic E-state index is 0.221. The summed E-state index contributed by atoms with van der Waals surface area (Å²) in [6.07, 6.45) is 1.47. The van der Waals surface area contributed by atoms with E-state index in [2.05, 4.69) is 15.3 Å². The number of aryl methyl sites for hydroxylation is 1. The van der Waals surface area contributed by atoms with Gasteiger partial charge in [-0.25, -0.2) is 14.4 Å². The highest BCUT2D eigenvalue weighted by molar-refractivity contribution is 6.32. The highest BCUT2D eigenvalue weighted by Gasteiger charge is 2.12. The molecule has 142 valence electrons. The molecule has 0 atom stereocenters. The second-order valence-electron chi connectivity index (χ2n) is 6.17. The minimum Gasteiger partial charge on any atom is -0.487 e. The summed E-state index contributed by atoms with van der Waals surface area (Å²) < 4.78 is 20.8. The first-order valence-electron chi connectivity index (χ1n) is 8.41. The smallest absolute Gasteiger partial charge is 0.158 e. The lowest BCUT2D eigenvalue weighted by Gasteiger charge is -2.12. The van der Waals surface area contributed by atoms with Crippen LogP contribution in [0.3, 0.4) is 0 Å². The number of halogens is 3. The molecule has 0 aliphatic rings. The van der Waals surface area contributed by atoms with Gasteiger partial charge in [0.2, 0.25) is 0 Å². The first-order valence-corrected chi connectivity index (χ1v) is 9.16. The molecule has 5 nitrogen and oxygen atoms in total. The summed E-state index contributed by atoms with van der Waals surface area (Å²) in [5.41, 5.74) is 2.99. The minimum atomic E-state index is -0.302. The number of nitrogens with one attached hydrogen (secondary N) is 1. The van der Waals surface area contributed by atoms with E-state index in [-0.39, 0.29) is 12.4 Å². The average molecular weight is 417 g/mol. The van der Waals surface area contributed by atoms with Crippen LogP contribution in [-0.2, 0) is 13.7 Å². The molecular weight excluding hydrogens is 402 g/mol. The van der Waals surface area contributed by atoms with Crippen LogP contribution in [0.4, 0.5) is 15.9 Å². The zero-order valence-electron chi connectivity index (χ0n) is 14.8. The lowest BCUT2D eigenvalue weighted by molar-refractivity contribution is 0.306. The maximum atomic E-state index is 13.3. The first-order chi connectivity index (χ1) is 13.5. The highest BCUT2D eigenvalue weighted by atomic mass is 35.5. The van der Waals surface area contributed by atoms with Crippen LogP contribution in [0.15, 0.2) is 54.9 Å². The van der Waals surface area contributed by atoms with Gasteiger partial charge in [-0.15, -0.1) is 0 Å². The van der Waals surface area contributed by atoms with Crippen LogP contribution in [0.5, 0.6) is 5.75 Å². The Labute approximate surface area is 170 Å². The van der Waals surface area contributed by atoms with Gasteiger partial charge in [-0.2, -0.15) is 0 Å². The Morgan fingerprint density at radius 2 is 1.96 bits per heavy atom. The fourth-order valence-electron chi connectivity index (χ4n) is 2.86. The van der Waals surface area contributed by atoms with Crippen molar-refractivity contribution in [3.63, 3.8) is 0 Å². The molecule has 2 aromatic carbocycles. The Morgan fingerprint density at radius 3 is 2.75 bits per heavy atom. The molecule has 0 aliphatic carbocycles. The number of ether oxygens (including phenoxy) is 1. The molecule has 2 aromatic heterocycles. The molecule has 0 bridgehead atoms. The van der Waals surface area contributed by atoms with E-state index in [0.29, 0.717) is 21.7 Å². The zero-order chi connectivity index (χ0) is 19.7. The summed E-state index contributed by atoms with van der Waals surface area (Å²) in [5.74, 6) is 0.818. The number of hydrogen-bond acceptors (Lipinski definition) is 4. The van der Waals surface area contributed by atoms with Crippen molar-refractivity contribution in [3.8, 4) is 5.75 Å². The van der Waals surface area contributed by atoms with Crippen molar-refractivity contribution in [3.05, 3.63) is 76.4 Å². The van der Waals surface area contributed by atoms with Crippen LogP contribution < -0.4 is 10.1 Å². The van der Waals surface area contributed by atoms with Gasteiger partial charge in [0.15, 0.2) is 5.82 Å². The number of nitrogens with zero attached hydrogens (tertiary/aromatic N) is 3. The first kappa shape index (κ1) is 18.5. The maximum absolute atomic E-state index is 13.3. The van der Waals surface area contributed by atoms with Crippen molar-refractivity contribution in [1.82, 2.24) is 14.5 Å². The van der Waals surface area contributed by atoms with E-state index in [1.54, 1.807) is 34.9 Å². The molecule has 0 saturated carbocycles. The van der Waals surface area contributed by atoms with Crippen molar-refractivity contribution in [2.75, 3.05) is 5.32 Å². The lowest BCUT2D eigenvalue weighted by Crippen LogP contribution is -2.00. The van der Waals surface area contributed by atoms with Crippen LogP contribution in [0.2, 0.25) is 10.2 Å². The Morgan fingerprint density at radius 1 is 1.11 bits per heavy atom. The fraction of sp³-hybridized carbons (Fsp3) is 0.100. The van der Waals surface area contributed by atoms with Crippen molar-refractivity contribution in [2.24, 2.45) is 7.05 Å². The Hall–Kier alpha value is -2.83. The van der Waals surface area contributed by atoms with Crippen molar-refractivity contribution in [2.45, 2.75) is 6.61 Å². The molecule has 28 heavy (non-hydrogen) atoms. The molecule has 0 unspecified atom stereocenters. The number of rotatable bonds is 5. The predicted octanol–water partition coefficient (Wildman–Crippen LogP) is 5.74. The number of fused-ring (bicyclic) bond motifs is 1. The average Bonchev–Trinajstić information content (AvgIpc) is 2.96. The second-order valence-corrected chi connectivity index (χ2v) is 6.97. The maximum Gasteiger partial charge on any atom is 0.158 e. The summed E-state index contributed by atoms with van der Waals surface area (Å²) in [5, 5.41) is 4.22. The third kappa shape index (κ3) is 3.74. The lowest BCUT2D eigenvalue weighted by atomic mass is 10.2. The topological polar surface area (TPSA) is 52.0 Å². The van der Waals surface area contributed by atoms with Gasteiger partial charge in [0, 0.05) is 18.8 Å². The monoisotopic (exact) mass is 416 g/mol. The summed E-state index contributed by atoms with van der Waals surface area (Å²) in [4.78, 5) is 8.53. The van der Waals surface area contributed by atoms with E-state index >= 15 is 0 Å².